The molecule has 2 atom stereocenters. The summed E-state index contributed by atoms with van der Waals surface area (Å²) < 4.78 is 26.4. The van der Waals surface area contributed by atoms with Crippen LogP contribution >= 0.6 is 0 Å². The molecule has 128 valence electrons. The predicted octanol–water partition coefficient (Wildman–Crippen LogP) is 2.08. The summed E-state index contributed by atoms with van der Waals surface area (Å²) in [5, 5.41) is -0.375. The molecule has 0 aromatic carbocycles. The zero-order valence-corrected chi connectivity index (χ0v) is 15.3. The number of nitrogens with zero attached hydrogens (tertiary/aromatic N) is 2. The van der Waals surface area contributed by atoms with Crippen LogP contribution in [0, 0.1) is 11.3 Å². The highest BCUT2D eigenvalue weighted by molar-refractivity contribution is 7.89. The fourth-order valence-corrected chi connectivity index (χ4v) is 4.94. The third kappa shape index (κ3) is 3.32. The second-order valence-electron chi connectivity index (χ2n) is 7.96. The number of piperidine rings is 2. The van der Waals surface area contributed by atoms with Crippen LogP contribution in [0.5, 0.6) is 0 Å². The van der Waals surface area contributed by atoms with Gasteiger partial charge in [-0.25, -0.2) is 12.7 Å². The molecule has 2 fully saturated rings. The minimum atomic E-state index is -3.19. The smallest absolute Gasteiger partial charge is 0.228 e. The monoisotopic (exact) mass is 330 g/mol. The van der Waals surface area contributed by atoms with Crippen molar-refractivity contribution in [3.63, 3.8) is 0 Å². The van der Waals surface area contributed by atoms with Gasteiger partial charge < -0.3 is 4.90 Å². The Hall–Kier alpha value is -0.620. The van der Waals surface area contributed by atoms with Gasteiger partial charge in [0.15, 0.2) is 0 Å². The molecule has 0 aromatic rings. The van der Waals surface area contributed by atoms with E-state index < -0.39 is 10.0 Å². The van der Waals surface area contributed by atoms with E-state index in [9.17, 15) is 13.2 Å². The molecule has 0 radical (unpaired) electrons. The third-order valence-corrected chi connectivity index (χ3v) is 7.13. The highest BCUT2D eigenvalue weighted by Crippen LogP contribution is 2.34. The summed E-state index contributed by atoms with van der Waals surface area (Å²) in [6, 6.07) is 0.207. The number of fused-ring (bicyclic) bond motifs is 1. The molecule has 2 aliphatic heterocycles. The van der Waals surface area contributed by atoms with Crippen LogP contribution in [0.4, 0.5) is 0 Å². The first-order valence-electron chi connectivity index (χ1n) is 8.35. The predicted molar refractivity (Wildman–Crippen MR) is 87.9 cm³/mol. The number of carbonyl (C=O) groups is 1. The molecule has 2 heterocycles. The molecule has 22 heavy (non-hydrogen) atoms. The van der Waals surface area contributed by atoms with Crippen molar-refractivity contribution in [2.75, 3.05) is 19.6 Å². The maximum absolute atomic E-state index is 12.7. The second-order valence-corrected chi connectivity index (χ2v) is 10.4. The first kappa shape index (κ1) is 17.7. The fraction of sp³-hybridized carbons (Fsp3) is 0.938. The largest absolute Gasteiger partial charge is 0.339 e. The van der Waals surface area contributed by atoms with Crippen LogP contribution < -0.4 is 0 Å². The SMILES string of the molecule is CC(C)S(=O)(=O)N1CC[C@@H]2[C@H](CCCN2C(=O)C(C)(C)C)C1. The molecule has 1 amide bonds. The van der Waals surface area contributed by atoms with Crippen LogP contribution in [0.15, 0.2) is 0 Å². The quantitative estimate of drug-likeness (QED) is 0.779. The summed E-state index contributed by atoms with van der Waals surface area (Å²) in [6.45, 7) is 11.3. The van der Waals surface area contributed by atoms with E-state index in [1.54, 1.807) is 18.2 Å². The minimum absolute atomic E-state index is 0.197. The van der Waals surface area contributed by atoms with Crippen LogP contribution in [-0.2, 0) is 14.8 Å². The number of likely N-dealkylation sites (tertiary alicyclic amines) is 1. The van der Waals surface area contributed by atoms with Gasteiger partial charge in [-0.2, -0.15) is 0 Å². The molecule has 0 aliphatic carbocycles. The van der Waals surface area contributed by atoms with Gasteiger partial charge in [0.05, 0.1) is 5.25 Å². The van der Waals surface area contributed by atoms with Crippen LogP contribution in [0.1, 0.15) is 53.9 Å². The van der Waals surface area contributed by atoms with Crippen molar-refractivity contribution in [2.24, 2.45) is 11.3 Å². The number of hydrogen-bond donors (Lipinski definition) is 0. The van der Waals surface area contributed by atoms with Crippen LogP contribution in [-0.4, -0.2) is 54.5 Å². The van der Waals surface area contributed by atoms with Gasteiger partial charge in [-0.3, -0.25) is 4.79 Å². The number of hydrogen-bond acceptors (Lipinski definition) is 3. The molecule has 6 heteroatoms. The van der Waals surface area contributed by atoms with Gasteiger partial charge in [-0.1, -0.05) is 20.8 Å². The zero-order valence-electron chi connectivity index (χ0n) is 14.5. The Morgan fingerprint density at radius 3 is 2.32 bits per heavy atom. The molecule has 0 bridgehead atoms. The average Bonchev–Trinajstić information content (AvgIpc) is 2.44. The van der Waals surface area contributed by atoms with E-state index in [2.05, 4.69) is 0 Å². The van der Waals surface area contributed by atoms with Crippen molar-refractivity contribution >= 4 is 15.9 Å². The summed E-state index contributed by atoms with van der Waals surface area (Å²) >= 11 is 0. The molecule has 0 N–H and O–H groups in total. The van der Waals surface area contributed by atoms with E-state index in [1.165, 1.54) is 0 Å². The number of rotatable bonds is 2. The standard InChI is InChI=1S/C16H30N2O3S/c1-12(2)22(20,21)17-10-8-14-13(11-17)7-6-9-18(14)15(19)16(3,4)5/h12-14H,6-11H2,1-5H3/t13-,14-/m1/s1. The molecule has 0 saturated carbocycles. The summed E-state index contributed by atoms with van der Waals surface area (Å²) in [4.78, 5) is 14.7. The summed E-state index contributed by atoms with van der Waals surface area (Å²) in [5.41, 5.74) is -0.372. The number of sulfonamides is 1. The van der Waals surface area contributed by atoms with Crippen molar-refractivity contribution < 1.29 is 13.2 Å². The lowest BCUT2D eigenvalue weighted by molar-refractivity contribution is -0.146. The summed E-state index contributed by atoms with van der Waals surface area (Å²) in [6.07, 6.45) is 2.75. The average molecular weight is 330 g/mol. The first-order chi connectivity index (χ1) is 10.0. The minimum Gasteiger partial charge on any atom is -0.339 e. The lowest BCUT2D eigenvalue weighted by Crippen LogP contribution is -2.58. The van der Waals surface area contributed by atoms with Crippen LogP contribution in [0.2, 0.25) is 0 Å². The molecular formula is C16H30N2O3S. The van der Waals surface area contributed by atoms with Crippen molar-refractivity contribution in [1.29, 1.82) is 0 Å². The second kappa shape index (κ2) is 6.11. The Morgan fingerprint density at radius 1 is 1.14 bits per heavy atom. The van der Waals surface area contributed by atoms with Gasteiger partial charge in [0.1, 0.15) is 0 Å². The van der Waals surface area contributed by atoms with Gasteiger partial charge in [0.25, 0.3) is 0 Å². The Kier molecular flexibility index (Phi) is 4.93. The Balaban J connectivity index is 2.14. The lowest BCUT2D eigenvalue weighted by atomic mass is 9.82. The van der Waals surface area contributed by atoms with Crippen molar-refractivity contribution in [1.82, 2.24) is 9.21 Å². The summed E-state index contributed by atoms with van der Waals surface area (Å²) in [7, 11) is -3.19. The van der Waals surface area contributed by atoms with E-state index in [4.69, 9.17) is 0 Å². The van der Waals surface area contributed by atoms with Crippen molar-refractivity contribution in [3.05, 3.63) is 0 Å². The van der Waals surface area contributed by atoms with E-state index in [0.29, 0.717) is 13.1 Å². The maximum atomic E-state index is 12.7. The molecule has 2 saturated heterocycles. The van der Waals surface area contributed by atoms with E-state index in [-0.39, 0.29) is 28.5 Å². The molecule has 0 aromatic heterocycles. The number of amides is 1. The van der Waals surface area contributed by atoms with Crippen LogP contribution in [0.25, 0.3) is 0 Å². The van der Waals surface area contributed by atoms with Crippen molar-refractivity contribution in [3.8, 4) is 0 Å². The summed E-state index contributed by atoms with van der Waals surface area (Å²) in [5.74, 6) is 0.477. The highest BCUT2D eigenvalue weighted by Gasteiger charge is 2.43. The fourth-order valence-electron chi connectivity index (χ4n) is 3.58. The molecular weight excluding hydrogens is 300 g/mol. The zero-order chi connectivity index (χ0) is 16.7. The normalized spacial score (nSPS) is 27.8. The van der Waals surface area contributed by atoms with Gasteiger partial charge in [-0.15, -0.1) is 0 Å². The Morgan fingerprint density at radius 2 is 1.77 bits per heavy atom. The van der Waals surface area contributed by atoms with Gasteiger partial charge in [0.2, 0.25) is 15.9 Å². The van der Waals surface area contributed by atoms with Gasteiger partial charge >= 0.3 is 0 Å². The van der Waals surface area contributed by atoms with Crippen LogP contribution in [0.3, 0.4) is 0 Å². The maximum Gasteiger partial charge on any atom is 0.228 e. The highest BCUT2D eigenvalue weighted by atomic mass is 32.2. The molecule has 5 nitrogen and oxygen atoms in total. The molecule has 2 rings (SSSR count). The molecule has 0 unspecified atom stereocenters. The molecule has 0 spiro atoms. The van der Waals surface area contributed by atoms with E-state index in [0.717, 1.165) is 25.8 Å². The first-order valence-corrected chi connectivity index (χ1v) is 9.85. The van der Waals surface area contributed by atoms with Gasteiger partial charge in [0, 0.05) is 31.1 Å². The van der Waals surface area contributed by atoms with E-state index >= 15 is 0 Å². The molecule has 2 aliphatic rings. The lowest BCUT2D eigenvalue weighted by Gasteiger charge is -2.48. The van der Waals surface area contributed by atoms with Gasteiger partial charge in [-0.05, 0) is 39.0 Å². The van der Waals surface area contributed by atoms with E-state index in [1.807, 2.05) is 25.7 Å². The Labute approximate surface area is 135 Å². The number of carbonyl (C=O) groups excluding carboxylic acids is 1. The third-order valence-electron chi connectivity index (χ3n) is 4.89. The van der Waals surface area contributed by atoms with Crippen molar-refractivity contribution in [2.45, 2.75) is 65.2 Å². The Bertz CT molecular complexity index is 522. The topological polar surface area (TPSA) is 57.7 Å².